The number of hydrogen-bond acceptors (Lipinski definition) is 7. The third-order valence-corrected chi connectivity index (χ3v) is 8.84. The van der Waals surface area contributed by atoms with Gasteiger partial charge in [0.25, 0.3) is 5.91 Å². The van der Waals surface area contributed by atoms with Gasteiger partial charge in [-0.05, 0) is 73.8 Å². The van der Waals surface area contributed by atoms with Crippen LogP contribution in [0.15, 0.2) is 36.4 Å². The molecule has 1 saturated heterocycles. The van der Waals surface area contributed by atoms with Crippen LogP contribution in [0.3, 0.4) is 0 Å². The van der Waals surface area contributed by atoms with Crippen molar-refractivity contribution in [2.45, 2.75) is 38.5 Å². The van der Waals surface area contributed by atoms with Gasteiger partial charge in [-0.3, -0.25) is 9.52 Å². The van der Waals surface area contributed by atoms with Gasteiger partial charge in [0.05, 0.1) is 29.3 Å². The van der Waals surface area contributed by atoms with Crippen LogP contribution in [-0.2, 0) is 10.0 Å². The van der Waals surface area contributed by atoms with Crippen molar-refractivity contribution in [2.24, 2.45) is 11.3 Å². The number of sulfonamides is 1. The zero-order chi connectivity index (χ0) is 24.5. The molecular weight excluding hydrogens is 466 g/mol. The molecule has 10 heteroatoms. The van der Waals surface area contributed by atoms with Crippen molar-refractivity contribution in [3.8, 4) is 0 Å². The quantitative estimate of drug-likeness (QED) is 0.509. The van der Waals surface area contributed by atoms with Crippen molar-refractivity contribution in [3.05, 3.63) is 42.0 Å². The van der Waals surface area contributed by atoms with Gasteiger partial charge in [-0.15, -0.1) is 0 Å². The van der Waals surface area contributed by atoms with Gasteiger partial charge in [0, 0.05) is 19.6 Å². The second-order valence-corrected chi connectivity index (χ2v) is 11.8. The van der Waals surface area contributed by atoms with E-state index in [9.17, 15) is 13.2 Å². The molecule has 9 nitrogen and oxygen atoms in total. The van der Waals surface area contributed by atoms with Gasteiger partial charge in [0.15, 0.2) is 0 Å². The first-order valence-electron chi connectivity index (χ1n) is 12.4. The number of nitrogens with one attached hydrogen (secondary N) is 3. The fourth-order valence-electron chi connectivity index (χ4n) is 5.47. The maximum atomic E-state index is 13.4. The summed E-state index contributed by atoms with van der Waals surface area (Å²) in [5.74, 6) is 1.07. The lowest BCUT2D eigenvalue weighted by Crippen LogP contribution is -2.42. The number of pyridine rings is 1. The fourth-order valence-corrected chi connectivity index (χ4v) is 6.29. The highest BCUT2D eigenvalue weighted by atomic mass is 32.2. The molecule has 1 aromatic heterocycles. The van der Waals surface area contributed by atoms with Crippen molar-refractivity contribution in [3.63, 3.8) is 0 Å². The maximum absolute atomic E-state index is 13.4. The van der Waals surface area contributed by atoms with E-state index in [0.29, 0.717) is 28.4 Å². The Hall–Kier alpha value is -2.85. The summed E-state index contributed by atoms with van der Waals surface area (Å²) in [6.45, 7) is 2.07. The smallest absolute Gasteiger partial charge is 0.258 e. The SMILES string of the molecule is O=C1Nc2cccc(n2)NCCCC[C@@H]2CN(CCC23CC3)c2cc(NS(=O)(=O)CCO)ccc21. The normalized spacial score (nSPS) is 21.7. The highest BCUT2D eigenvalue weighted by Gasteiger charge is 2.51. The van der Waals surface area contributed by atoms with Gasteiger partial charge in [-0.1, -0.05) is 12.5 Å². The predicted octanol–water partition coefficient (Wildman–Crippen LogP) is 3.27. The van der Waals surface area contributed by atoms with Crippen molar-refractivity contribution in [1.29, 1.82) is 0 Å². The van der Waals surface area contributed by atoms with E-state index in [2.05, 4.69) is 25.2 Å². The zero-order valence-electron chi connectivity index (χ0n) is 19.8. The van der Waals surface area contributed by atoms with E-state index in [1.165, 1.54) is 12.8 Å². The molecule has 3 heterocycles. The van der Waals surface area contributed by atoms with Crippen LogP contribution in [0.5, 0.6) is 0 Å². The van der Waals surface area contributed by atoms with Crippen LogP contribution in [0.2, 0.25) is 0 Å². The number of nitrogens with zero attached hydrogens (tertiary/aromatic N) is 2. The number of hydrogen-bond donors (Lipinski definition) is 4. The Morgan fingerprint density at radius 1 is 1.14 bits per heavy atom. The van der Waals surface area contributed by atoms with E-state index in [1.54, 1.807) is 24.3 Å². The average Bonchev–Trinajstić information content (AvgIpc) is 3.59. The van der Waals surface area contributed by atoms with Gasteiger partial charge >= 0.3 is 0 Å². The molecule has 1 atom stereocenters. The van der Waals surface area contributed by atoms with Gasteiger partial charge in [0.2, 0.25) is 10.0 Å². The molecule has 2 aliphatic heterocycles. The lowest BCUT2D eigenvalue weighted by molar-refractivity contribution is 0.102. The molecule has 1 aromatic carbocycles. The summed E-state index contributed by atoms with van der Waals surface area (Å²) >= 11 is 0. The maximum Gasteiger partial charge on any atom is 0.258 e. The highest BCUT2D eigenvalue weighted by molar-refractivity contribution is 7.92. The molecular formula is C25H33N5O4S. The molecule has 4 N–H and O–H groups in total. The minimum absolute atomic E-state index is 0.285. The van der Waals surface area contributed by atoms with E-state index >= 15 is 0 Å². The lowest BCUT2D eigenvalue weighted by Gasteiger charge is -2.41. The first-order chi connectivity index (χ1) is 16.9. The summed E-state index contributed by atoms with van der Waals surface area (Å²) in [7, 11) is -3.68. The number of aliphatic hydroxyl groups is 1. The number of aliphatic hydroxyl groups excluding tert-OH is 1. The number of fused-ring (bicyclic) bond motifs is 7. The molecule has 2 fully saturated rings. The summed E-state index contributed by atoms with van der Waals surface area (Å²) in [5.41, 5.74) is 2.01. The summed E-state index contributed by atoms with van der Waals surface area (Å²) < 4.78 is 27.1. The molecule has 0 unspecified atom stereocenters. The van der Waals surface area contributed by atoms with Gasteiger partial charge in [0.1, 0.15) is 11.6 Å². The van der Waals surface area contributed by atoms with Gasteiger partial charge in [-0.2, -0.15) is 0 Å². The van der Waals surface area contributed by atoms with Crippen LogP contribution in [0, 0.1) is 11.3 Å². The van der Waals surface area contributed by atoms with E-state index in [4.69, 9.17) is 5.11 Å². The van der Waals surface area contributed by atoms with Crippen LogP contribution in [-0.4, -0.2) is 56.4 Å². The first kappa shape index (κ1) is 23.9. The Kier molecular flexibility index (Phi) is 6.59. The number of benzene rings is 1. The highest BCUT2D eigenvalue weighted by Crippen LogP contribution is 2.58. The number of aromatic nitrogens is 1. The minimum Gasteiger partial charge on any atom is -0.395 e. The van der Waals surface area contributed by atoms with Crippen molar-refractivity contribution in [2.75, 3.05) is 52.2 Å². The molecule has 1 saturated carbocycles. The molecule has 0 radical (unpaired) electrons. The molecule has 35 heavy (non-hydrogen) atoms. The second kappa shape index (κ2) is 9.66. The Bertz CT molecular complexity index is 1200. The number of carbonyl (C=O) groups is 1. The third kappa shape index (κ3) is 5.38. The monoisotopic (exact) mass is 499 g/mol. The standard InChI is InChI=1S/C25H33N5O4S/c31-14-15-35(33,34)29-19-7-8-20-21(16-19)30-13-11-25(9-10-25)18(17-30)4-1-2-12-26-22-5-3-6-23(27-22)28-24(20)32/h3,5-8,16,18,29,31H,1-2,4,9-15,17H2,(H2,26,27,28,32)/t18-/m1/s1. The minimum atomic E-state index is -3.68. The molecule has 5 rings (SSSR count). The topological polar surface area (TPSA) is 124 Å². The van der Waals surface area contributed by atoms with Crippen LogP contribution in [0.25, 0.3) is 0 Å². The van der Waals surface area contributed by atoms with Crippen molar-refractivity contribution >= 4 is 38.9 Å². The Labute approximate surface area is 206 Å². The molecule has 1 spiro atoms. The van der Waals surface area contributed by atoms with E-state index < -0.39 is 16.6 Å². The van der Waals surface area contributed by atoms with E-state index in [1.807, 2.05) is 12.1 Å². The number of amides is 1. The first-order valence-corrected chi connectivity index (χ1v) is 14.1. The molecule has 1 aliphatic carbocycles. The lowest BCUT2D eigenvalue weighted by atomic mass is 9.79. The van der Waals surface area contributed by atoms with Gasteiger partial charge < -0.3 is 20.6 Å². The van der Waals surface area contributed by atoms with Gasteiger partial charge in [-0.25, -0.2) is 13.4 Å². The molecule has 1 amide bonds. The van der Waals surface area contributed by atoms with Crippen LogP contribution >= 0.6 is 0 Å². The molecule has 3 aliphatic rings. The van der Waals surface area contributed by atoms with Crippen LogP contribution in [0.1, 0.15) is 48.9 Å². The largest absolute Gasteiger partial charge is 0.395 e. The number of rotatable bonds is 4. The molecule has 2 aromatic rings. The summed E-state index contributed by atoms with van der Waals surface area (Å²) in [5, 5.41) is 15.4. The number of carbonyl (C=O) groups excluding carboxylic acids is 1. The fraction of sp³-hybridized carbons (Fsp3) is 0.520. The average molecular weight is 500 g/mol. The Morgan fingerprint density at radius 2 is 1.97 bits per heavy atom. The molecule has 188 valence electrons. The summed E-state index contributed by atoms with van der Waals surface area (Å²) in [6, 6.07) is 10.5. The summed E-state index contributed by atoms with van der Waals surface area (Å²) in [4.78, 5) is 20.1. The Balaban J connectivity index is 1.51. The molecule has 4 bridgehead atoms. The van der Waals surface area contributed by atoms with Crippen LogP contribution < -0.4 is 20.3 Å². The number of anilines is 4. The third-order valence-electron chi connectivity index (χ3n) is 7.57. The second-order valence-electron chi connectivity index (χ2n) is 9.92. The van der Waals surface area contributed by atoms with Crippen molar-refractivity contribution < 1.29 is 18.3 Å². The van der Waals surface area contributed by atoms with Crippen LogP contribution in [0.4, 0.5) is 23.0 Å². The summed E-state index contributed by atoms with van der Waals surface area (Å²) in [6.07, 6.45) is 6.94. The van der Waals surface area contributed by atoms with Crippen molar-refractivity contribution in [1.82, 2.24) is 4.98 Å². The predicted molar refractivity (Wildman–Crippen MR) is 137 cm³/mol. The number of piperidine rings is 1. The zero-order valence-corrected chi connectivity index (χ0v) is 20.6. The van der Waals surface area contributed by atoms with E-state index in [0.717, 1.165) is 56.8 Å². The Morgan fingerprint density at radius 3 is 2.77 bits per heavy atom. The van der Waals surface area contributed by atoms with E-state index in [-0.39, 0.29) is 11.7 Å².